The summed E-state index contributed by atoms with van der Waals surface area (Å²) in [5.41, 5.74) is 25.4. The van der Waals surface area contributed by atoms with Crippen molar-refractivity contribution in [3.05, 3.63) is 265 Å². The second-order valence-electron chi connectivity index (χ2n) is 25.6. The SMILES string of the molecule is CC1(C)c2ccccc2-c2ccc(-c3cccc(-c4c5ccc(N6c7ccccc7[Si](C)(C)c7ccccc76)cc5c(-c5ccc6c(c5)C(C)(C)c5ccccc5-6)c5ccc(N6c7ccccc7[Si](C)(C)c7ccccc76)cc45)c3)cc21. The van der Waals surface area contributed by atoms with E-state index in [9.17, 15) is 0 Å². The molecule has 0 saturated carbocycles. The zero-order valence-electron chi connectivity index (χ0n) is 48.0. The van der Waals surface area contributed by atoms with Gasteiger partial charge in [0.25, 0.3) is 0 Å². The molecular formula is C78H64N2Si2. The number of fused-ring (bicyclic) bond motifs is 12. The Morgan fingerprint density at radius 2 is 0.610 bits per heavy atom. The molecule has 2 aliphatic carbocycles. The smallest absolute Gasteiger partial charge is 0.117 e. The summed E-state index contributed by atoms with van der Waals surface area (Å²) in [5.74, 6) is 0. The van der Waals surface area contributed by atoms with Crippen LogP contribution in [0.25, 0.3) is 77.2 Å². The van der Waals surface area contributed by atoms with E-state index in [4.69, 9.17) is 0 Å². The van der Waals surface area contributed by atoms with Gasteiger partial charge in [0.1, 0.15) is 16.1 Å². The van der Waals surface area contributed by atoms with Crippen molar-refractivity contribution in [2.45, 2.75) is 64.7 Å². The van der Waals surface area contributed by atoms with Gasteiger partial charge in [-0.05, 0) is 187 Å². The maximum Gasteiger partial charge on any atom is 0.117 e. The van der Waals surface area contributed by atoms with Gasteiger partial charge >= 0.3 is 0 Å². The molecule has 0 bridgehead atoms. The van der Waals surface area contributed by atoms with Crippen LogP contribution in [0.15, 0.2) is 243 Å². The topological polar surface area (TPSA) is 6.48 Å². The van der Waals surface area contributed by atoms with Gasteiger partial charge in [0.2, 0.25) is 0 Å². The maximum absolute atomic E-state index is 2.56. The maximum atomic E-state index is 2.56. The Bertz CT molecular complexity index is 4630. The molecule has 0 atom stereocenters. The lowest BCUT2D eigenvalue weighted by molar-refractivity contribution is 0.660. The molecule has 2 aliphatic heterocycles. The molecule has 2 heterocycles. The van der Waals surface area contributed by atoms with Gasteiger partial charge in [-0.25, -0.2) is 0 Å². The van der Waals surface area contributed by atoms with E-state index in [1.165, 1.54) is 143 Å². The van der Waals surface area contributed by atoms with Crippen LogP contribution >= 0.6 is 0 Å². The first-order valence-corrected chi connectivity index (χ1v) is 35.3. The van der Waals surface area contributed by atoms with Gasteiger partial charge in [0, 0.05) is 45.0 Å². The first kappa shape index (κ1) is 49.0. The first-order chi connectivity index (χ1) is 39.7. The number of para-hydroxylation sites is 4. The van der Waals surface area contributed by atoms with Crippen LogP contribution in [0.4, 0.5) is 34.1 Å². The van der Waals surface area contributed by atoms with Crippen molar-refractivity contribution in [3.8, 4) is 55.6 Å². The average molecular weight is 1090 g/mol. The molecular weight excluding hydrogens is 1020 g/mol. The van der Waals surface area contributed by atoms with E-state index in [0.29, 0.717) is 0 Å². The van der Waals surface area contributed by atoms with E-state index in [0.717, 1.165) is 11.4 Å². The van der Waals surface area contributed by atoms with Crippen molar-refractivity contribution in [1.29, 1.82) is 0 Å². The predicted molar refractivity (Wildman–Crippen MR) is 356 cm³/mol. The molecule has 0 fully saturated rings. The summed E-state index contributed by atoms with van der Waals surface area (Å²) in [6, 6.07) is 93.6. The minimum absolute atomic E-state index is 0.109. The molecule has 4 aliphatic rings. The normalized spacial score (nSPS) is 15.9. The van der Waals surface area contributed by atoms with Crippen molar-refractivity contribution >= 4 is 92.6 Å². The van der Waals surface area contributed by atoms with Gasteiger partial charge in [-0.2, -0.15) is 0 Å². The van der Waals surface area contributed by atoms with E-state index in [1.54, 1.807) is 0 Å². The van der Waals surface area contributed by atoms with Crippen LogP contribution in [0.3, 0.4) is 0 Å². The fraction of sp³-hybridized carbons (Fsp3) is 0.128. The zero-order valence-corrected chi connectivity index (χ0v) is 50.0. The molecule has 12 aromatic rings. The molecule has 4 heteroatoms. The Hall–Kier alpha value is -8.81. The van der Waals surface area contributed by atoms with E-state index >= 15 is 0 Å². The Kier molecular flexibility index (Phi) is 10.4. The highest BCUT2D eigenvalue weighted by Crippen LogP contribution is 2.54. The lowest BCUT2D eigenvalue weighted by Gasteiger charge is -2.41. The number of hydrogen-bond acceptors (Lipinski definition) is 2. The Morgan fingerprint density at radius 1 is 0.268 bits per heavy atom. The summed E-state index contributed by atoms with van der Waals surface area (Å²) in [4.78, 5) is 5.12. The number of rotatable bonds is 5. The number of anilines is 6. The second-order valence-corrected chi connectivity index (χ2v) is 34.3. The van der Waals surface area contributed by atoms with Crippen LogP contribution in [0, 0.1) is 0 Å². The summed E-state index contributed by atoms with van der Waals surface area (Å²) >= 11 is 0. The van der Waals surface area contributed by atoms with E-state index in [1.807, 2.05) is 0 Å². The third-order valence-electron chi connectivity index (χ3n) is 19.8. The number of hydrogen-bond donors (Lipinski definition) is 0. The lowest BCUT2D eigenvalue weighted by atomic mass is 9.80. The molecule has 0 N–H and O–H groups in total. The number of nitrogens with zero attached hydrogens (tertiary/aromatic N) is 2. The van der Waals surface area contributed by atoms with E-state index in [-0.39, 0.29) is 10.8 Å². The van der Waals surface area contributed by atoms with Crippen molar-refractivity contribution in [2.24, 2.45) is 0 Å². The molecule has 82 heavy (non-hydrogen) atoms. The predicted octanol–water partition coefficient (Wildman–Crippen LogP) is 18.8. The summed E-state index contributed by atoms with van der Waals surface area (Å²) in [7, 11) is -4.09. The Labute approximate surface area is 484 Å². The molecule has 0 spiro atoms. The highest BCUT2D eigenvalue weighted by molar-refractivity contribution is 7.03. The first-order valence-electron chi connectivity index (χ1n) is 29.3. The Morgan fingerprint density at radius 3 is 1.06 bits per heavy atom. The lowest BCUT2D eigenvalue weighted by Crippen LogP contribution is -2.58. The highest BCUT2D eigenvalue weighted by Gasteiger charge is 2.41. The molecule has 2 nitrogen and oxygen atoms in total. The summed E-state index contributed by atoms with van der Waals surface area (Å²) in [6.07, 6.45) is 0. The molecule has 0 radical (unpaired) electrons. The van der Waals surface area contributed by atoms with Gasteiger partial charge in [0.05, 0.1) is 0 Å². The Balaban J connectivity index is 0.999. The van der Waals surface area contributed by atoms with Crippen LogP contribution in [-0.4, -0.2) is 16.1 Å². The van der Waals surface area contributed by atoms with E-state index in [2.05, 4.69) is 306 Å². The van der Waals surface area contributed by atoms with Gasteiger partial charge < -0.3 is 9.80 Å². The highest BCUT2D eigenvalue weighted by atomic mass is 28.3. The number of benzene rings is 12. The van der Waals surface area contributed by atoms with Crippen molar-refractivity contribution in [1.82, 2.24) is 0 Å². The van der Waals surface area contributed by atoms with Gasteiger partial charge in [-0.3, -0.25) is 0 Å². The minimum Gasteiger partial charge on any atom is -0.311 e. The second kappa shape index (κ2) is 17.4. The third kappa shape index (κ3) is 6.80. The summed E-state index contributed by atoms with van der Waals surface area (Å²) < 4.78 is 0. The van der Waals surface area contributed by atoms with Crippen molar-refractivity contribution < 1.29 is 0 Å². The fourth-order valence-corrected chi connectivity index (χ4v) is 21.6. The minimum atomic E-state index is -2.05. The molecule has 12 aromatic carbocycles. The fourth-order valence-electron chi connectivity index (χ4n) is 15.6. The van der Waals surface area contributed by atoms with Gasteiger partial charge in [0.15, 0.2) is 0 Å². The molecule has 0 amide bonds. The van der Waals surface area contributed by atoms with E-state index < -0.39 is 16.1 Å². The zero-order chi connectivity index (χ0) is 55.6. The van der Waals surface area contributed by atoms with Crippen LogP contribution in [0.1, 0.15) is 49.9 Å². The summed E-state index contributed by atoms with van der Waals surface area (Å²) in [6.45, 7) is 19.7. The van der Waals surface area contributed by atoms with Crippen molar-refractivity contribution in [2.75, 3.05) is 9.80 Å². The average Bonchev–Trinajstić information content (AvgIpc) is 1.98. The van der Waals surface area contributed by atoms with Gasteiger partial charge in [-0.15, -0.1) is 0 Å². The van der Waals surface area contributed by atoms with Crippen LogP contribution in [-0.2, 0) is 10.8 Å². The van der Waals surface area contributed by atoms with Crippen LogP contribution in [0.5, 0.6) is 0 Å². The van der Waals surface area contributed by atoms with Crippen LogP contribution in [0.2, 0.25) is 26.2 Å². The molecule has 394 valence electrons. The quantitative estimate of drug-likeness (QED) is 0.125. The largest absolute Gasteiger partial charge is 0.311 e. The van der Waals surface area contributed by atoms with Crippen molar-refractivity contribution in [3.63, 3.8) is 0 Å². The summed E-state index contributed by atoms with van der Waals surface area (Å²) in [5, 5.41) is 10.8. The molecule has 16 rings (SSSR count). The molecule has 0 aromatic heterocycles. The third-order valence-corrected chi connectivity index (χ3v) is 26.9. The van der Waals surface area contributed by atoms with Crippen LogP contribution < -0.4 is 30.5 Å². The standard InChI is InChI=1S/C78H64N2Si2/c1-77(2)63-26-11-9-24-55(63)57-40-36-50(45-65(57)77)49-22-21-23-51(44-49)75-59-42-38-54(80-69-30-15-19-34-73(69)82(7,8)74-35-20-16-31-70(74)80)48-62(59)76(52-37-41-58-56-25-10-12-27-64(56)78(3,4)66(58)46-52)60-43-39-53(47-61(60)75)79-67-28-13-17-32-71(67)81(5,6)72-33-18-14-29-68(72)79/h9-48H,1-8H3. The molecule has 0 unspecified atom stereocenters. The molecule has 0 saturated heterocycles. The van der Waals surface area contributed by atoms with Gasteiger partial charge in [-0.1, -0.05) is 230 Å². The monoisotopic (exact) mass is 1080 g/mol.